The SMILES string of the molecule is COC(=O)c1c(CNC(=O)OC(C)(C)C)c(C)nn1C. The minimum atomic E-state index is -0.570. The number of esters is 1. The highest BCUT2D eigenvalue weighted by Gasteiger charge is 2.22. The molecule has 0 bridgehead atoms. The number of amides is 1. The number of nitrogens with one attached hydrogen (secondary N) is 1. The van der Waals surface area contributed by atoms with Gasteiger partial charge in [0.05, 0.1) is 19.3 Å². The quantitative estimate of drug-likeness (QED) is 0.851. The Morgan fingerprint density at radius 1 is 1.35 bits per heavy atom. The lowest BCUT2D eigenvalue weighted by atomic mass is 10.2. The normalized spacial score (nSPS) is 11.1. The van der Waals surface area contributed by atoms with E-state index in [1.54, 1.807) is 34.7 Å². The maximum Gasteiger partial charge on any atom is 0.407 e. The number of nitrogens with zero attached hydrogens (tertiary/aromatic N) is 2. The third-order valence-corrected chi connectivity index (χ3v) is 2.53. The first-order valence-corrected chi connectivity index (χ1v) is 6.23. The molecule has 0 saturated carbocycles. The van der Waals surface area contributed by atoms with E-state index in [0.29, 0.717) is 17.0 Å². The summed E-state index contributed by atoms with van der Waals surface area (Å²) in [6, 6.07) is 0. The van der Waals surface area contributed by atoms with Crippen LogP contribution in [0.5, 0.6) is 0 Å². The summed E-state index contributed by atoms with van der Waals surface area (Å²) < 4.78 is 11.3. The Morgan fingerprint density at radius 2 is 1.95 bits per heavy atom. The minimum Gasteiger partial charge on any atom is -0.464 e. The second-order valence-electron chi connectivity index (χ2n) is 5.38. The molecule has 0 aliphatic carbocycles. The van der Waals surface area contributed by atoms with Gasteiger partial charge in [-0.15, -0.1) is 0 Å². The summed E-state index contributed by atoms with van der Waals surface area (Å²) in [5.41, 5.74) is 1.02. The second-order valence-corrected chi connectivity index (χ2v) is 5.38. The predicted molar refractivity (Wildman–Crippen MR) is 72.4 cm³/mol. The van der Waals surface area contributed by atoms with Crippen LogP contribution in [-0.2, 0) is 23.1 Å². The summed E-state index contributed by atoms with van der Waals surface area (Å²) >= 11 is 0. The Labute approximate surface area is 118 Å². The molecular weight excluding hydrogens is 262 g/mol. The van der Waals surface area contributed by atoms with E-state index >= 15 is 0 Å². The molecule has 0 unspecified atom stereocenters. The average Bonchev–Trinajstić information content (AvgIpc) is 2.58. The van der Waals surface area contributed by atoms with Crippen molar-refractivity contribution in [2.24, 2.45) is 7.05 Å². The summed E-state index contributed by atoms with van der Waals surface area (Å²) in [5.74, 6) is -0.492. The van der Waals surface area contributed by atoms with Gasteiger partial charge >= 0.3 is 12.1 Å². The molecule has 1 amide bonds. The van der Waals surface area contributed by atoms with Gasteiger partial charge in [0.2, 0.25) is 0 Å². The summed E-state index contributed by atoms with van der Waals surface area (Å²) in [4.78, 5) is 23.3. The van der Waals surface area contributed by atoms with Crippen molar-refractivity contribution < 1.29 is 19.1 Å². The van der Waals surface area contributed by atoms with E-state index in [1.165, 1.54) is 11.8 Å². The standard InChI is InChI=1S/C13H21N3O4/c1-8-9(7-14-12(18)20-13(2,3)4)10(11(17)19-6)16(5)15-8/h7H2,1-6H3,(H,14,18). The summed E-state index contributed by atoms with van der Waals surface area (Å²) in [6.45, 7) is 7.25. The molecule has 0 saturated heterocycles. The highest BCUT2D eigenvalue weighted by molar-refractivity contribution is 5.89. The zero-order valence-corrected chi connectivity index (χ0v) is 12.7. The van der Waals surface area contributed by atoms with Crippen LogP contribution in [0.3, 0.4) is 0 Å². The number of carbonyl (C=O) groups excluding carboxylic acids is 2. The molecule has 0 aliphatic heterocycles. The van der Waals surface area contributed by atoms with E-state index in [1.807, 2.05) is 0 Å². The number of ether oxygens (including phenoxy) is 2. The van der Waals surface area contributed by atoms with Crippen molar-refractivity contribution in [3.63, 3.8) is 0 Å². The first-order valence-electron chi connectivity index (χ1n) is 6.23. The van der Waals surface area contributed by atoms with Crippen molar-refractivity contribution in [2.75, 3.05) is 7.11 Å². The fourth-order valence-electron chi connectivity index (χ4n) is 1.74. The lowest BCUT2D eigenvalue weighted by Crippen LogP contribution is -2.32. The Bertz CT molecular complexity index is 514. The van der Waals surface area contributed by atoms with Crippen LogP contribution in [-0.4, -0.2) is 34.6 Å². The molecule has 7 nitrogen and oxygen atoms in total. The largest absolute Gasteiger partial charge is 0.464 e. The number of alkyl carbamates (subject to hydrolysis) is 1. The number of hydrogen-bond acceptors (Lipinski definition) is 5. The van der Waals surface area contributed by atoms with E-state index in [-0.39, 0.29) is 6.54 Å². The van der Waals surface area contributed by atoms with Gasteiger partial charge in [0.25, 0.3) is 0 Å². The molecule has 112 valence electrons. The van der Waals surface area contributed by atoms with E-state index in [2.05, 4.69) is 10.4 Å². The fraction of sp³-hybridized carbons (Fsp3) is 0.615. The van der Waals surface area contributed by atoms with Crippen LogP contribution < -0.4 is 5.32 Å². The molecule has 0 atom stereocenters. The molecule has 1 aromatic heterocycles. The van der Waals surface area contributed by atoms with Crippen molar-refractivity contribution in [2.45, 2.75) is 39.8 Å². The number of aryl methyl sites for hydroxylation is 2. The number of carbonyl (C=O) groups is 2. The molecule has 7 heteroatoms. The van der Waals surface area contributed by atoms with Gasteiger partial charge in [-0.25, -0.2) is 9.59 Å². The Kier molecular flexibility index (Phi) is 4.75. The molecule has 0 spiro atoms. The van der Waals surface area contributed by atoms with Crippen LogP contribution in [0.4, 0.5) is 4.79 Å². The van der Waals surface area contributed by atoms with Crippen molar-refractivity contribution >= 4 is 12.1 Å². The maximum atomic E-state index is 11.7. The van der Waals surface area contributed by atoms with Crippen molar-refractivity contribution in [1.82, 2.24) is 15.1 Å². The second kappa shape index (κ2) is 5.94. The van der Waals surface area contributed by atoms with E-state index in [9.17, 15) is 9.59 Å². The molecule has 0 fully saturated rings. The van der Waals surface area contributed by atoms with Crippen LogP contribution in [0.15, 0.2) is 0 Å². The van der Waals surface area contributed by atoms with E-state index < -0.39 is 17.7 Å². The predicted octanol–water partition coefficient (Wildman–Crippen LogP) is 1.54. The number of methoxy groups -OCH3 is 1. The van der Waals surface area contributed by atoms with Crippen LogP contribution in [0.2, 0.25) is 0 Å². The smallest absolute Gasteiger partial charge is 0.407 e. The van der Waals surface area contributed by atoms with Crippen LogP contribution in [0.25, 0.3) is 0 Å². The zero-order valence-electron chi connectivity index (χ0n) is 12.7. The molecule has 1 heterocycles. The lowest BCUT2D eigenvalue weighted by Gasteiger charge is -2.19. The monoisotopic (exact) mass is 283 g/mol. The van der Waals surface area contributed by atoms with Gasteiger partial charge in [0.15, 0.2) is 5.69 Å². The number of rotatable bonds is 3. The van der Waals surface area contributed by atoms with Gasteiger partial charge in [-0.1, -0.05) is 0 Å². The van der Waals surface area contributed by atoms with Gasteiger partial charge < -0.3 is 14.8 Å². The minimum absolute atomic E-state index is 0.152. The lowest BCUT2D eigenvalue weighted by molar-refractivity contribution is 0.0517. The molecule has 20 heavy (non-hydrogen) atoms. The molecule has 0 aromatic carbocycles. The van der Waals surface area contributed by atoms with E-state index in [0.717, 1.165) is 0 Å². The molecule has 0 aliphatic rings. The highest BCUT2D eigenvalue weighted by Crippen LogP contribution is 2.14. The summed E-state index contributed by atoms with van der Waals surface area (Å²) in [5, 5.41) is 6.76. The zero-order chi connectivity index (χ0) is 15.5. The molecular formula is C13H21N3O4. The van der Waals surface area contributed by atoms with Crippen LogP contribution in [0.1, 0.15) is 42.5 Å². The summed E-state index contributed by atoms with van der Waals surface area (Å²) in [7, 11) is 2.95. The first-order chi connectivity index (χ1) is 9.15. The highest BCUT2D eigenvalue weighted by atomic mass is 16.6. The van der Waals surface area contributed by atoms with Crippen LogP contribution >= 0.6 is 0 Å². The Balaban J connectivity index is 2.83. The van der Waals surface area contributed by atoms with Crippen molar-refractivity contribution in [1.29, 1.82) is 0 Å². The number of hydrogen-bond donors (Lipinski definition) is 1. The molecule has 0 radical (unpaired) electrons. The Hall–Kier alpha value is -2.05. The molecule has 1 N–H and O–H groups in total. The van der Waals surface area contributed by atoms with Crippen LogP contribution in [0, 0.1) is 6.92 Å². The van der Waals surface area contributed by atoms with Gasteiger partial charge in [-0.3, -0.25) is 4.68 Å². The van der Waals surface area contributed by atoms with Gasteiger partial charge in [-0.2, -0.15) is 5.10 Å². The van der Waals surface area contributed by atoms with Gasteiger partial charge in [-0.05, 0) is 27.7 Å². The van der Waals surface area contributed by atoms with E-state index in [4.69, 9.17) is 9.47 Å². The molecule has 1 aromatic rings. The van der Waals surface area contributed by atoms with Crippen molar-refractivity contribution in [3.8, 4) is 0 Å². The summed E-state index contributed by atoms with van der Waals surface area (Å²) in [6.07, 6.45) is -0.545. The fourth-order valence-corrected chi connectivity index (χ4v) is 1.74. The third kappa shape index (κ3) is 3.97. The molecule has 1 rings (SSSR count). The van der Waals surface area contributed by atoms with Gasteiger partial charge in [0.1, 0.15) is 5.60 Å². The average molecular weight is 283 g/mol. The Morgan fingerprint density at radius 3 is 2.45 bits per heavy atom. The topological polar surface area (TPSA) is 82.4 Å². The van der Waals surface area contributed by atoms with Gasteiger partial charge in [0, 0.05) is 12.6 Å². The maximum absolute atomic E-state index is 11.7. The third-order valence-electron chi connectivity index (χ3n) is 2.53. The van der Waals surface area contributed by atoms with Crippen molar-refractivity contribution in [3.05, 3.63) is 17.0 Å². The number of aromatic nitrogens is 2. The first kappa shape index (κ1) is 16.0.